The lowest BCUT2D eigenvalue weighted by molar-refractivity contribution is 0.413. The summed E-state index contributed by atoms with van der Waals surface area (Å²) in [6.45, 7) is 1.06. The molecule has 0 saturated carbocycles. The van der Waals surface area contributed by atoms with E-state index in [4.69, 9.17) is 23.2 Å². The van der Waals surface area contributed by atoms with Crippen molar-refractivity contribution < 1.29 is 0 Å². The molecule has 2 heterocycles. The van der Waals surface area contributed by atoms with Gasteiger partial charge in [0, 0.05) is 23.1 Å². The van der Waals surface area contributed by atoms with Gasteiger partial charge in [0.2, 0.25) is 0 Å². The van der Waals surface area contributed by atoms with Gasteiger partial charge in [-0.3, -0.25) is 0 Å². The monoisotopic (exact) mass is 377 g/mol. The van der Waals surface area contributed by atoms with Crippen molar-refractivity contribution in [3.8, 4) is 11.1 Å². The van der Waals surface area contributed by atoms with Gasteiger partial charge in [0.25, 0.3) is 0 Å². The number of aromatic nitrogens is 1. The molecule has 0 amide bonds. The number of hydrogen-bond acceptors (Lipinski definition) is 1. The minimum atomic E-state index is -0.0205. The lowest BCUT2D eigenvalue weighted by Gasteiger charge is -2.14. The van der Waals surface area contributed by atoms with Crippen molar-refractivity contribution in [3.63, 3.8) is 0 Å². The van der Waals surface area contributed by atoms with Crippen molar-refractivity contribution in [2.45, 2.75) is 11.3 Å². The van der Waals surface area contributed by atoms with Gasteiger partial charge in [-0.15, -0.1) is 0 Å². The number of nitrogens with zero attached hydrogens (tertiary/aromatic N) is 2. The summed E-state index contributed by atoms with van der Waals surface area (Å²) in [4.78, 5) is 3.62. The van der Waals surface area contributed by atoms with Crippen LogP contribution in [0.25, 0.3) is 22.0 Å². The number of rotatable bonds is 3. The summed E-state index contributed by atoms with van der Waals surface area (Å²) in [7, 11) is 4.23. The molecule has 4 rings (SSSR count). The van der Waals surface area contributed by atoms with Crippen LogP contribution in [0.15, 0.2) is 41.4 Å². The van der Waals surface area contributed by atoms with Crippen LogP contribution in [0.5, 0.6) is 0 Å². The molecule has 5 heteroatoms. The van der Waals surface area contributed by atoms with Gasteiger partial charge in [0.1, 0.15) is 17.3 Å². The smallest absolute Gasteiger partial charge is 0.189 e. The zero-order valence-electron chi connectivity index (χ0n) is 13.9. The molecular formula is C19H19Cl2N2S+. The first-order chi connectivity index (χ1) is 11.5. The van der Waals surface area contributed by atoms with Crippen LogP contribution in [0.1, 0.15) is 5.56 Å². The highest BCUT2D eigenvalue weighted by Crippen LogP contribution is 2.45. The van der Waals surface area contributed by atoms with Gasteiger partial charge in [0.15, 0.2) is 4.90 Å². The molecule has 0 aliphatic carbocycles. The summed E-state index contributed by atoms with van der Waals surface area (Å²) in [5.41, 5.74) is 5.03. The van der Waals surface area contributed by atoms with Crippen molar-refractivity contribution in [1.82, 2.24) is 8.87 Å². The number of hydrogen-bond donors (Lipinski definition) is 0. The van der Waals surface area contributed by atoms with E-state index in [0.717, 1.165) is 23.9 Å². The molecule has 2 aromatic carbocycles. The van der Waals surface area contributed by atoms with Crippen molar-refractivity contribution in [2.75, 3.05) is 26.9 Å². The second-order valence-corrected chi connectivity index (χ2v) is 9.06. The summed E-state index contributed by atoms with van der Waals surface area (Å²) in [5, 5.41) is 2.35. The second-order valence-electron chi connectivity index (χ2n) is 6.49. The predicted octanol–water partition coefficient (Wildman–Crippen LogP) is 5.10. The molecule has 2 nitrogen and oxygen atoms in total. The molecule has 0 N–H and O–H groups in total. The highest BCUT2D eigenvalue weighted by Gasteiger charge is 2.34. The van der Waals surface area contributed by atoms with E-state index < -0.39 is 0 Å². The zero-order valence-corrected chi connectivity index (χ0v) is 16.3. The topological polar surface area (TPSA) is 8.17 Å². The van der Waals surface area contributed by atoms with Gasteiger partial charge < -0.3 is 4.90 Å². The molecule has 2 bridgehead atoms. The predicted molar refractivity (Wildman–Crippen MR) is 107 cm³/mol. The van der Waals surface area contributed by atoms with Crippen LogP contribution in [0.2, 0.25) is 10.0 Å². The molecular weight excluding hydrogens is 359 g/mol. The standard InChI is InChI=1S/C19H19Cl2N2S/c1-22(2)9-8-12-4-5-13-14-11-23(24(3)17(13)10-12)16-7-6-15(20)19(21)18(14)16/h4-7,10-11H,8-9H2,1-3H3/q+1. The number of halogens is 2. The van der Waals surface area contributed by atoms with E-state index in [2.05, 4.69) is 59.7 Å². The quantitative estimate of drug-likeness (QED) is 0.576. The van der Waals surface area contributed by atoms with E-state index in [1.54, 1.807) is 0 Å². The van der Waals surface area contributed by atoms with Crippen LogP contribution in [0.4, 0.5) is 0 Å². The third-order valence-electron chi connectivity index (χ3n) is 4.62. The Morgan fingerprint density at radius 3 is 2.62 bits per heavy atom. The average molecular weight is 378 g/mol. The number of likely N-dealkylation sites (N-methyl/N-ethyl adjacent to an activating group) is 1. The third-order valence-corrected chi connectivity index (χ3v) is 7.29. The molecule has 24 heavy (non-hydrogen) atoms. The minimum Gasteiger partial charge on any atom is -0.309 e. The van der Waals surface area contributed by atoms with Crippen LogP contribution in [-0.2, 0) is 17.5 Å². The van der Waals surface area contributed by atoms with Crippen molar-refractivity contribution >= 4 is 45.2 Å². The molecule has 1 atom stereocenters. The highest BCUT2D eigenvalue weighted by molar-refractivity contribution is 7.95. The lowest BCUT2D eigenvalue weighted by Crippen LogP contribution is -2.17. The van der Waals surface area contributed by atoms with Crippen LogP contribution in [0.3, 0.4) is 0 Å². The molecule has 0 fully saturated rings. The van der Waals surface area contributed by atoms with Gasteiger partial charge in [-0.2, -0.15) is 3.97 Å². The minimum absolute atomic E-state index is 0.0205. The van der Waals surface area contributed by atoms with Gasteiger partial charge >= 0.3 is 0 Å². The summed E-state index contributed by atoms with van der Waals surface area (Å²) in [6.07, 6.45) is 5.56. The molecule has 1 aliphatic rings. The molecule has 3 aromatic rings. The number of fused-ring (bicyclic) bond motifs is 7. The Kier molecular flexibility index (Phi) is 4.08. The first kappa shape index (κ1) is 16.3. The molecule has 124 valence electrons. The van der Waals surface area contributed by atoms with Crippen molar-refractivity contribution in [2.24, 2.45) is 0 Å². The van der Waals surface area contributed by atoms with Crippen molar-refractivity contribution in [3.05, 3.63) is 52.1 Å². The Balaban J connectivity index is 1.89. The van der Waals surface area contributed by atoms with E-state index in [-0.39, 0.29) is 11.1 Å². The molecule has 0 saturated heterocycles. The Hall–Kier alpha value is -1.13. The first-order valence-corrected chi connectivity index (χ1v) is 10.3. The summed E-state index contributed by atoms with van der Waals surface area (Å²) < 4.78 is 2.34. The average Bonchev–Trinajstić information content (AvgIpc) is 2.91. The maximum absolute atomic E-state index is 6.53. The van der Waals surface area contributed by atoms with Crippen molar-refractivity contribution in [1.29, 1.82) is 0 Å². The number of benzene rings is 2. The largest absolute Gasteiger partial charge is 0.309 e. The summed E-state index contributed by atoms with van der Waals surface area (Å²) in [5.74, 6) is 0. The van der Waals surface area contributed by atoms with Crippen LogP contribution in [0, 0.1) is 0 Å². The fraction of sp³-hybridized carbons (Fsp3) is 0.263. The van der Waals surface area contributed by atoms with Crippen LogP contribution < -0.4 is 0 Å². The Bertz CT molecular complexity index is 946. The Morgan fingerprint density at radius 2 is 1.88 bits per heavy atom. The Morgan fingerprint density at radius 1 is 1.08 bits per heavy atom. The maximum Gasteiger partial charge on any atom is 0.189 e. The van der Waals surface area contributed by atoms with E-state index >= 15 is 0 Å². The molecule has 0 radical (unpaired) electrons. The van der Waals surface area contributed by atoms with Gasteiger partial charge in [-0.1, -0.05) is 29.3 Å². The summed E-state index contributed by atoms with van der Waals surface area (Å²) in [6, 6.07) is 10.8. The molecule has 0 spiro atoms. The maximum atomic E-state index is 6.53. The fourth-order valence-corrected chi connectivity index (χ4v) is 5.47. The van der Waals surface area contributed by atoms with E-state index in [0.29, 0.717) is 10.0 Å². The molecule has 1 aliphatic heterocycles. The second kappa shape index (κ2) is 5.99. The SMILES string of the molecule is CN(C)CCc1ccc2c(c1)[S+](C)n1cc-2c2c(Cl)c(Cl)ccc21. The molecule has 1 unspecified atom stereocenters. The highest BCUT2D eigenvalue weighted by atomic mass is 35.5. The fourth-order valence-electron chi connectivity index (χ4n) is 3.31. The first-order valence-electron chi connectivity index (χ1n) is 7.91. The van der Waals surface area contributed by atoms with Gasteiger partial charge in [0.05, 0.1) is 21.8 Å². The normalized spacial score (nSPS) is 16.0. The third kappa shape index (κ3) is 2.46. The van der Waals surface area contributed by atoms with Crippen LogP contribution in [-0.4, -0.2) is 35.8 Å². The van der Waals surface area contributed by atoms with E-state index in [9.17, 15) is 0 Å². The summed E-state index contributed by atoms with van der Waals surface area (Å²) >= 11 is 12.8. The van der Waals surface area contributed by atoms with Crippen LogP contribution >= 0.6 is 23.2 Å². The van der Waals surface area contributed by atoms with E-state index in [1.807, 2.05) is 6.07 Å². The zero-order chi connectivity index (χ0) is 17.0. The van der Waals surface area contributed by atoms with E-state index in [1.165, 1.54) is 21.6 Å². The lowest BCUT2D eigenvalue weighted by atomic mass is 10.0. The van der Waals surface area contributed by atoms with Gasteiger partial charge in [-0.05, 0) is 50.3 Å². The van der Waals surface area contributed by atoms with Gasteiger partial charge in [-0.25, -0.2) is 0 Å². The Labute approximate surface area is 155 Å². The molecule has 1 aromatic heterocycles.